The first-order valence-corrected chi connectivity index (χ1v) is 8.79. The number of rotatable bonds is 5. The summed E-state index contributed by atoms with van der Waals surface area (Å²) in [6, 6.07) is 11.3. The third-order valence-electron chi connectivity index (χ3n) is 4.62. The van der Waals surface area contributed by atoms with Gasteiger partial charge in [0, 0.05) is 24.2 Å². The second-order valence-electron chi connectivity index (χ2n) is 6.27. The molecule has 0 aliphatic carbocycles. The maximum atomic E-state index is 12.4. The Morgan fingerprint density at radius 2 is 2.08 bits per heavy atom. The van der Waals surface area contributed by atoms with Crippen molar-refractivity contribution < 1.29 is 14.1 Å². The summed E-state index contributed by atoms with van der Waals surface area (Å²) in [5.41, 5.74) is 1.03. The highest BCUT2D eigenvalue weighted by atomic mass is 16.5. The first kappa shape index (κ1) is 17.2. The standard InChI is InChI=1S/C19H23N3O3/c1-2-15-10-6-7-11-22(15)18(23)13-20-19(24)16-12-17(25-21-16)14-8-4-3-5-9-14/h3-5,8-9,12,15H,2,6-7,10-11,13H2,1H3,(H,20,24)/t15-/m1/s1. The Bertz CT molecular complexity index is 727. The third-order valence-corrected chi connectivity index (χ3v) is 4.62. The van der Waals surface area contributed by atoms with Crippen LogP contribution < -0.4 is 5.32 Å². The quantitative estimate of drug-likeness (QED) is 0.907. The van der Waals surface area contributed by atoms with Crippen LogP contribution in [0, 0.1) is 0 Å². The van der Waals surface area contributed by atoms with Crippen LogP contribution in [0.25, 0.3) is 11.3 Å². The predicted octanol–water partition coefficient (Wildman–Crippen LogP) is 2.86. The molecule has 1 atom stereocenters. The summed E-state index contributed by atoms with van der Waals surface area (Å²) in [4.78, 5) is 26.5. The highest BCUT2D eigenvalue weighted by molar-refractivity contribution is 5.95. The number of hydrogen-bond donors (Lipinski definition) is 1. The van der Waals surface area contributed by atoms with Crippen LogP contribution in [0.5, 0.6) is 0 Å². The van der Waals surface area contributed by atoms with E-state index in [4.69, 9.17) is 4.52 Å². The molecular weight excluding hydrogens is 318 g/mol. The normalized spacial score (nSPS) is 17.3. The van der Waals surface area contributed by atoms with Gasteiger partial charge in [0.2, 0.25) is 5.91 Å². The van der Waals surface area contributed by atoms with Crippen LogP contribution in [-0.4, -0.2) is 41.0 Å². The van der Waals surface area contributed by atoms with Gasteiger partial charge in [-0.1, -0.05) is 42.4 Å². The number of likely N-dealkylation sites (tertiary alicyclic amines) is 1. The number of nitrogens with zero attached hydrogens (tertiary/aromatic N) is 2. The lowest BCUT2D eigenvalue weighted by molar-refractivity contribution is -0.133. The fraction of sp³-hybridized carbons (Fsp3) is 0.421. The second-order valence-corrected chi connectivity index (χ2v) is 6.27. The fourth-order valence-electron chi connectivity index (χ4n) is 3.22. The molecule has 6 nitrogen and oxygen atoms in total. The molecule has 1 aliphatic heterocycles. The van der Waals surface area contributed by atoms with Crippen LogP contribution in [0.1, 0.15) is 43.1 Å². The average molecular weight is 341 g/mol. The van der Waals surface area contributed by atoms with E-state index in [0.717, 1.165) is 37.8 Å². The van der Waals surface area contributed by atoms with Crippen molar-refractivity contribution in [3.63, 3.8) is 0 Å². The zero-order chi connectivity index (χ0) is 17.6. The SMILES string of the molecule is CC[C@@H]1CCCCN1C(=O)CNC(=O)c1cc(-c2ccccc2)on1. The van der Waals surface area contributed by atoms with Gasteiger partial charge in [-0.25, -0.2) is 0 Å². The van der Waals surface area contributed by atoms with Gasteiger partial charge in [0.1, 0.15) is 0 Å². The van der Waals surface area contributed by atoms with Gasteiger partial charge in [0.05, 0.1) is 6.54 Å². The summed E-state index contributed by atoms with van der Waals surface area (Å²) < 4.78 is 5.22. The van der Waals surface area contributed by atoms with Gasteiger partial charge in [0.15, 0.2) is 11.5 Å². The van der Waals surface area contributed by atoms with Crippen molar-refractivity contribution in [1.29, 1.82) is 0 Å². The van der Waals surface area contributed by atoms with E-state index in [1.54, 1.807) is 6.07 Å². The van der Waals surface area contributed by atoms with Crippen molar-refractivity contribution >= 4 is 11.8 Å². The molecule has 2 aromatic rings. The highest BCUT2D eigenvalue weighted by Gasteiger charge is 2.25. The number of amides is 2. The van der Waals surface area contributed by atoms with Crippen molar-refractivity contribution in [2.45, 2.75) is 38.6 Å². The van der Waals surface area contributed by atoms with Crippen LogP contribution in [0.3, 0.4) is 0 Å². The molecule has 25 heavy (non-hydrogen) atoms. The molecule has 0 unspecified atom stereocenters. The topological polar surface area (TPSA) is 75.4 Å². The van der Waals surface area contributed by atoms with E-state index in [9.17, 15) is 9.59 Å². The lowest BCUT2D eigenvalue weighted by Gasteiger charge is -2.35. The molecule has 1 N–H and O–H groups in total. The Kier molecular flexibility index (Phi) is 5.48. The maximum Gasteiger partial charge on any atom is 0.273 e. The number of benzene rings is 1. The fourth-order valence-corrected chi connectivity index (χ4v) is 3.22. The van der Waals surface area contributed by atoms with Gasteiger partial charge in [-0.05, 0) is 25.7 Å². The molecule has 1 fully saturated rings. The number of hydrogen-bond acceptors (Lipinski definition) is 4. The molecule has 132 valence electrons. The summed E-state index contributed by atoms with van der Waals surface area (Å²) in [5, 5.41) is 6.45. The van der Waals surface area contributed by atoms with Crippen LogP contribution in [-0.2, 0) is 4.79 Å². The van der Waals surface area contributed by atoms with Crippen molar-refractivity contribution in [3.05, 3.63) is 42.1 Å². The third kappa shape index (κ3) is 4.07. The van der Waals surface area contributed by atoms with Crippen LogP contribution in [0.15, 0.2) is 40.9 Å². The Labute approximate surface area is 147 Å². The molecule has 6 heteroatoms. The molecule has 0 spiro atoms. The van der Waals surface area contributed by atoms with Crippen molar-refractivity contribution in [2.75, 3.05) is 13.1 Å². The number of aromatic nitrogens is 1. The van der Waals surface area contributed by atoms with Crippen molar-refractivity contribution in [2.24, 2.45) is 0 Å². The number of carbonyl (C=O) groups is 2. The van der Waals surface area contributed by atoms with Gasteiger partial charge in [-0.15, -0.1) is 0 Å². The van der Waals surface area contributed by atoms with Crippen LogP contribution in [0.4, 0.5) is 0 Å². The second kappa shape index (κ2) is 7.96. The zero-order valence-electron chi connectivity index (χ0n) is 14.4. The molecule has 3 rings (SSSR count). The van der Waals surface area contributed by atoms with E-state index >= 15 is 0 Å². The van der Waals surface area contributed by atoms with Gasteiger partial charge in [-0.2, -0.15) is 0 Å². The van der Waals surface area contributed by atoms with E-state index in [1.807, 2.05) is 35.2 Å². The Morgan fingerprint density at radius 3 is 2.84 bits per heavy atom. The van der Waals surface area contributed by atoms with E-state index in [2.05, 4.69) is 17.4 Å². The van der Waals surface area contributed by atoms with E-state index in [-0.39, 0.29) is 24.2 Å². The molecule has 2 heterocycles. The maximum absolute atomic E-state index is 12.4. The summed E-state index contributed by atoms with van der Waals surface area (Å²) in [6.45, 7) is 2.85. The van der Waals surface area contributed by atoms with Crippen LogP contribution in [0.2, 0.25) is 0 Å². The van der Waals surface area contributed by atoms with Gasteiger partial charge in [0.25, 0.3) is 5.91 Å². The molecule has 0 radical (unpaired) electrons. The molecule has 1 aromatic heterocycles. The average Bonchev–Trinajstić information content (AvgIpc) is 3.17. The molecule has 1 aliphatic rings. The van der Waals surface area contributed by atoms with E-state index in [1.165, 1.54) is 0 Å². The van der Waals surface area contributed by atoms with Gasteiger partial charge in [-0.3, -0.25) is 9.59 Å². The smallest absolute Gasteiger partial charge is 0.273 e. The Hall–Kier alpha value is -2.63. The summed E-state index contributed by atoms with van der Waals surface area (Å²) >= 11 is 0. The zero-order valence-corrected chi connectivity index (χ0v) is 14.4. The first-order valence-electron chi connectivity index (χ1n) is 8.79. The largest absolute Gasteiger partial charge is 0.355 e. The van der Waals surface area contributed by atoms with Crippen molar-refractivity contribution in [1.82, 2.24) is 15.4 Å². The van der Waals surface area contributed by atoms with E-state index in [0.29, 0.717) is 5.76 Å². The molecular formula is C19H23N3O3. The van der Waals surface area contributed by atoms with Crippen LogP contribution >= 0.6 is 0 Å². The molecule has 0 bridgehead atoms. The minimum Gasteiger partial charge on any atom is -0.355 e. The molecule has 2 amide bonds. The number of carbonyl (C=O) groups excluding carboxylic acids is 2. The highest BCUT2D eigenvalue weighted by Crippen LogP contribution is 2.20. The summed E-state index contributed by atoms with van der Waals surface area (Å²) in [6.07, 6.45) is 4.18. The minimum absolute atomic E-state index is 0.0110. The van der Waals surface area contributed by atoms with Crippen molar-refractivity contribution in [3.8, 4) is 11.3 Å². The Balaban J connectivity index is 1.57. The monoisotopic (exact) mass is 341 g/mol. The molecule has 0 saturated carbocycles. The number of nitrogens with one attached hydrogen (secondary N) is 1. The lowest BCUT2D eigenvalue weighted by Crippen LogP contribution is -2.47. The predicted molar refractivity (Wildman–Crippen MR) is 93.9 cm³/mol. The van der Waals surface area contributed by atoms with Gasteiger partial charge >= 0.3 is 0 Å². The Morgan fingerprint density at radius 1 is 1.28 bits per heavy atom. The minimum atomic E-state index is -0.399. The van der Waals surface area contributed by atoms with Gasteiger partial charge < -0.3 is 14.7 Å². The summed E-state index contributed by atoms with van der Waals surface area (Å²) in [5.74, 6) is 0.0928. The lowest BCUT2D eigenvalue weighted by atomic mass is 10.00. The molecule has 1 saturated heterocycles. The summed E-state index contributed by atoms with van der Waals surface area (Å²) in [7, 11) is 0. The van der Waals surface area contributed by atoms with E-state index < -0.39 is 5.91 Å². The number of piperidine rings is 1. The first-order chi connectivity index (χ1) is 12.2. The molecule has 1 aromatic carbocycles.